The number of rotatable bonds is 4. The lowest BCUT2D eigenvalue weighted by atomic mass is 10.2. The minimum atomic E-state index is -0.365. The smallest absolute Gasteiger partial charge is 0.246 e. The second-order valence-electron chi connectivity index (χ2n) is 4.17. The highest BCUT2D eigenvalue weighted by molar-refractivity contribution is 6.05. The van der Waals surface area contributed by atoms with Gasteiger partial charge in [0.25, 0.3) is 0 Å². The number of likely N-dealkylation sites (N-methyl/N-ethyl adjacent to an activating group) is 1. The zero-order valence-corrected chi connectivity index (χ0v) is 10.0. The molecule has 1 aromatic heterocycles. The van der Waals surface area contributed by atoms with Crippen LogP contribution in [-0.2, 0) is 16.1 Å². The molecule has 0 saturated carbocycles. The van der Waals surface area contributed by atoms with E-state index < -0.39 is 0 Å². The van der Waals surface area contributed by atoms with Crippen LogP contribution in [0.1, 0.15) is 12.2 Å². The maximum absolute atomic E-state index is 11.6. The van der Waals surface area contributed by atoms with E-state index in [0.717, 1.165) is 12.4 Å². The van der Waals surface area contributed by atoms with E-state index in [9.17, 15) is 9.59 Å². The fraction of sp³-hybridized carbons (Fsp3) is 0.545. The Morgan fingerprint density at radius 1 is 1.53 bits per heavy atom. The molecule has 1 aliphatic rings. The monoisotopic (exact) mass is 236 g/mol. The normalized spacial score (nSPS) is 20.4. The van der Waals surface area contributed by atoms with Crippen molar-refractivity contribution in [2.75, 3.05) is 13.6 Å². The Labute approximate surface area is 99.6 Å². The van der Waals surface area contributed by atoms with Crippen molar-refractivity contribution in [1.29, 1.82) is 0 Å². The van der Waals surface area contributed by atoms with Gasteiger partial charge in [-0.25, -0.2) is 4.98 Å². The predicted molar refractivity (Wildman–Crippen MR) is 61.1 cm³/mol. The largest absolute Gasteiger partial charge is 0.334 e. The van der Waals surface area contributed by atoms with Crippen molar-refractivity contribution in [3.8, 4) is 0 Å². The number of likely N-dealkylation sites (tertiary alicyclic amines) is 1. The van der Waals surface area contributed by atoms with Gasteiger partial charge in [-0.15, -0.1) is 0 Å². The summed E-state index contributed by atoms with van der Waals surface area (Å²) in [5.41, 5.74) is 0. The maximum atomic E-state index is 11.6. The van der Waals surface area contributed by atoms with Gasteiger partial charge in [0.05, 0.1) is 12.5 Å². The second kappa shape index (κ2) is 4.67. The van der Waals surface area contributed by atoms with Crippen molar-refractivity contribution in [3.63, 3.8) is 0 Å². The standard InChI is InChI=1S/C11H16N4O2/c1-8-12-3-5-15(8)6-4-13-9-7-10(16)14(2)11(9)17/h3,5,9,13H,4,6-7H2,1-2H3. The lowest BCUT2D eigenvalue weighted by Crippen LogP contribution is -2.38. The van der Waals surface area contributed by atoms with E-state index in [1.807, 2.05) is 17.7 Å². The van der Waals surface area contributed by atoms with Gasteiger partial charge in [0, 0.05) is 32.5 Å². The maximum Gasteiger partial charge on any atom is 0.246 e. The molecule has 0 aliphatic carbocycles. The van der Waals surface area contributed by atoms with Crippen molar-refractivity contribution in [3.05, 3.63) is 18.2 Å². The van der Waals surface area contributed by atoms with Crippen molar-refractivity contribution in [2.24, 2.45) is 0 Å². The van der Waals surface area contributed by atoms with Crippen molar-refractivity contribution in [1.82, 2.24) is 19.8 Å². The zero-order valence-electron chi connectivity index (χ0n) is 10.0. The van der Waals surface area contributed by atoms with Crippen LogP contribution in [0.4, 0.5) is 0 Å². The molecule has 1 unspecified atom stereocenters. The number of hydrogen-bond donors (Lipinski definition) is 1. The Balaban J connectivity index is 1.82. The summed E-state index contributed by atoms with van der Waals surface area (Å²) in [6.45, 7) is 3.32. The number of carbonyl (C=O) groups is 2. The molecule has 0 radical (unpaired) electrons. The molecule has 0 bridgehead atoms. The first-order valence-electron chi connectivity index (χ1n) is 5.61. The summed E-state index contributed by atoms with van der Waals surface area (Å²) in [7, 11) is 1.52. The van der Waals surface area contributed by atoms with Crippen molar-refractivity contribution >= 4 is 11.8 Å². The summed E-state index contributed by atoms with van der Waals surface area (Å²) in [5, 5.41) is 3.10. The van der Waals surface area contributed by atoms with E-state index in [1.54, 1.807) is 6.20 Å². The third-order valence-corrected chi connectivity index (χ3v) is 3.05. The summed E-state index contributed by atoms with van der Waals surface area (Å²) in [6.07, 6.45) is 3.90. The molecular formula is C11H16N4O2. The lowest BCUT2D eigenvalue weighted by molar-refractivity contribution is -0.137. The molecule has 17 heavy (non-hydrogen) atoms. The van der Waals surface area contributed by atoms with Crippen LogP contribution in [0.2, 0.25) is 0 Å². The Morgan fingerprint density at radius 3 is 2.82 bits per heavy atom. The molecule has 6 nitrogen and oxygen atoms in total. The fourth-order valence-electron chi connectivity index (χ4n) is 1.91. The Kier molecular flexibility index (Phi) is 3.23. The van der Waals surface area contributed by atoms with Gasteiger partial charge < -0.3 is 9.88 Å². The van der Waals surface area contributed by atoms with Crippen molar-refractivity contribution in [2.45, 2.75) is 25.9 Å². The molecule has 2 amide bonds. The first kappa shape index (κ1) is 11.8. The number of hydrogen-bond acceptors (Lipinski definition) is 4. The number of imide groups is 1. The van der Waals surface area contributed by atoms with Gasteiger partial charge in [0.1, 0.15) is 5.82 Å². The minimum absolute atomic E-state index is 0.119. The molecule has 1 N–H and O–H groups in total. The second-order valence-corrected chi connectivity index (χ2v) is 4.17. The third-order valence-electron chi connectivity index (χ3n) is 3.05. The Hall–Kier alpha value is -1.69. The molecule has 0 spiro atoms. The highest BCUT2D eigenvalue weighted by Gasteiger charge is 2.35. The Morgan fingerprint density at radius 2 is 2.29 bits per heavy atom. The molecule has 1 aromatic rings. The molecule has 0 aromatic carbocycles. The molecular weight excluding hydrogens is 220 g/mol. The minimum Gasteiger partial charge on any atom is -0.334 e. The molecule has 1 fully saturated rings. The van der Waals surface area contributed by atoms with E-state index in [0.29, 0.717) is 6.54 Å². The summed E-state index contributed by atoms with van der Waals surface area (Å²) in [4.78, 5) is 28.2. The average Bonchev–Trinajstić information content (AvgIpc) is 2.80. The van der Waals surface area contributed by atoms with Crippen LogP contribution in [0.25, 0.3) is 0 Å². The van der Waals surface area contributed by atoms with Gasteiger partial charge in [0.15, 0.2) is 0 Å². The number of aromatic nitrogens is 2. The summed E-state index contributed by atoms with van der Waals surface area (Å²) in [6, 6.07) is -0.365. The number of nitrogens with zero attached hydrogens (tertiary/aromatic N) is 3. The summed E-state index contributed by atoms with van der Waals surface area (Å²) in [5.74, 6) is 0.682. The van der Waals surface area contributed by atoms with Crippen LogP contribution in [0.5, 0.6) is 0 Å². The molecule has 1 aliphatic heterocycles. The highest BCUT2D eigenvalue weighted by atomic mass is 16.2. The predicted octanol–water partition coefficient (Wildman–Crippen LogP) is -0.462. The molecule has 2 rings (SSSR count). The van der Waals surface area contributed by atoms with Crippen LogP contribution in [0.15, 0.2) is 12.4 Å². The first-order chi connectivity index (χ1) is 8.09. The third kappa shape index (κ3) is 2.36. The number of aryl methyl sites for hydroxylation is 1. The average molecular weight is 236 g/mol. The van der Waals surface area contributed by atoms with Gasteiger partial charge in [-0.3, -0.25) is 14.5 Å². The number of nitrogens with one attached hydrogen (secondary N) is 1. The van der Waals surface area contributed by atoms with Crippen molar-refractivity contribution < 1.29 is 9.59 Å². The zero-order chi connectivity index (χ0) is 12.4. The number of imidazole rings is 1. The molecule has 1 saturated heterocycles. The number of carbonyl (C=O) groups excluding carboxylic acids is 2. The first-order valence-corrected chi connectivity index (χ1v) is 5.61. The highest BCUT2D eigenvalue weighted by Crippen LogP contribution is 2.10. The van der Waals surface area contributed by atoms with E-state index in [-0.39, 0.29) is 24.3 Å². The van der Waals surface area contributed by atoms with Crippen LogP contribution in [0, 0.1) is 6.92 Å². The molecule has 1 atom stereocenters. The van der Waals surface area contributed by atoms with Gasteiger partial charge >= 0.3 is 0 Å². The van der Waals surface area contributed by atoms with Gasteiger partial charge in [-0.2, -0.15) is 0 Å². The van der Waals surface area contributed by atoms with E-state index in [2.05, 4.69) is 10.3 Å². The van der Waals surface area contributed by atoms with Gasteiger partial charge in [-0.05, 0) is 6.92 Å². The van der Waals surface area contributed by atoms with Crippen LogP contribution < -0.4 is 5.32 Å². The van der Waals surface area contributed by atoms with Gasteiger partial charge in [-0.1, -0.05) is 0 Å². The van der Waals surface area contributed by atoms with Gasteiger partial charge in [0.2, 0.25) is 11.8 Å². The van der Waals surface area contributed by atoms with E-state index in [1.165, 1.54) is 11.9 Å². The van der Waals surface area contributed by atoms with Crippen LogP contribution in [-0.4, -0.2) is 45.9 Å². The topological polar surface area (TPSA) is 67.2 Å². The Bertz CT molecular complexity index is 440. The SMILES string of the molecule is Cc1nccn1CCNC1CC(=O)N(C)C1=O. The summed E-state index contributed by atoms with van der Waals surface area (Å²) < 4.78 is 2.00. The van der Waals surface area contributed by atoms with Crippen LogP contribution >= 0.6 is 0 Å². The fourth-order valence-corrected chi connectivity index (χ4v) is 1.91. The van der Waals surface area contributed by atoms with E-state index >= 15 is 0 Å². The summed E-state index contributed by atoms with van der Waals surface area (Å²) >= 11 is 0. The molecule has 2 heterocycles. The quantitative estimate of drug-likeness (QED) is 0.718. The molecule has 6 heteroatoms. The van der Waals surface area contributed by atoms with E-state index in [4.69, 9.17) is 0 Å². The molecule has 92 valence electrons. The lowest BCUT2D eigenvalue weighted by Gasteiger charge is -2.11. The van der Waals surface area contributed by atoms with Crippen LogP contribution in [0.3, 0.4) is 0 Å². The number of amides is 2.